The number of rotatable bonds is 10. The van der Waals surface area contributed by atoms with Crippen molar-refractivity contribution in [1.82, 2.24) is 0 Å². The lowest BCUT2D eigenvalue weighted by atomic mass is 9.68. The van der Waals surface area contributed by atoms with Gasteiger partial charge in [-0.3, -0.25) is 4.79 Å². The predicted molar refractivity (Wildman–Crippen MR) is 121 cm³/mol. The Hall–Kier alpha value is -1.77. The van der Waals surface area contributed by atoms with Crippen LogP contribution in [0.5, 0.6) is 0 Å². The molecule has 2 saturated heterocycles. The third-order valence-electron chi connectivity index (χ3n) is 7.70. The van der Waals surface area contributed by atoms with E-state index >= 15 is 0 Å². The first-order chi connectivity index (χ1) is 15.7. The molecular weight excluding hydrogens is 426 g/mol. The molecule has 4 aliphatic rings. The van der Waals surface area contributed by atoms with E-state index in [0.29, 0.717) is 25.2 Å². The van der Waals surface area contributed by atoms with E-state index < -0.39 is 0 Å². The molecule has 0 radical (unpaired) electrons. The van der Waals surface area contributed by atoms with E-state index in [9.17, 15) is 9.59 Å². The van der Waals surface area contributed by atoms with Crippen LogP contribution in [0.3, 0.4) is 0 Å². The zero-order valence-corrected chi connectivity index (χ0v) is 20.4. The molecule has 33 heavy (non-hydrogen) atoms. The highest BCUT2D eigenvalue weighted by molar-refractivity contribution is 6.02. The normalized spacial score (nSPS) is 37.8. The number of carbonyl (C=O) groups excluding carboxylic acids is 2. The summed E-state index contributed by atoms with van der Waals surface area (Å²) in [4.78, 5) is 28.8. The second-order valence-electron chi connectivity index (χ2n) is 10.4. The van der Waals surface area contributed by atoms with Crippen LogP contribution in [0.2, 0.25) is 0 Å². The van der Waals surface area contributed by atoms with Gasteiger partial charge in [-0.15, -0.1) is 0 Å². The van der Waals surface area contributed by atoms with Gasteiger partial charge < -0.3 is 23.8 Å². The number of nitrogens with zero attached hydrogens (tertiary/aromatic N) is 1. The number of esters is 1. The number of epoxide rings is 2. The molecule has 0 unspecified atom stereocenters. The lowest BCUT2D eigenvalue weighted by molar-refractivity contribution is -0.172. The van der Waals surface area contributed by atoms with Crippen LogP contribution >= 0.6 is 0 Å². The van der Waals surface area contributed by atoms with Gasteiger partial charge in [0.1, 0.15) is 23.4 Å². The third kappa shape index (κ3) is 5.17. The van der Waals surface area contributed by atoms with Crippen LogP contribution in [-0.4, -0.2) is 60.9 Å². The highest BCUT2D eigenvalue weighted by atomic mass is 16.7. The molecule has 8 heteroatoms. The van der Waals surface area contributed by atoms with Gasteiger partial charge in [-0.25, -0.2) is 4.79 Å². The molecule has 0 aromatic carbocycles. The van der Waals surface area contributed by atoms with Gasteiger partial charge in [0, 0.05) is 13.5 Å². The lowest BCUT2D eigenvalue weighted by Crippen LogP contribution is -2.55. The molecule has 1 saturated carbocycles. The molecule has 8 nitrogen and oxygen atoms in total. The van der Waals surface area contributed by atoms with Crippen LogP contribution in [-0.2, 0) is 33.4 Å². The maximum Gasteiger partial charge on any atom is 0.340 e. The topological polar surface area (TPSA) is 99.2 Å². The Kier molecular flexibility index (Phi) is 6.99. The Morgan fingerprint density at radius 3 is 2.70 bits per heavy atom. The largest absolute Gasteiger partial charge is 0.460 e. The van der Waals surface area contributed by atoms with Crippen molar-refractivity contribution in [3.63, 3.8) is 0 Å². The quantitative estimate of drug-likeness (QED) is 0.211. The summed E-state index contributed by atoms with van der Waals surface area (Å²) in [6, 6.07) is 0. The zero-order valence-electron chi connectivity index (χ0n) is 20.4. The van der Waals surface area contributed by atoms with Crippen molar-refractivity contribution in [3.8, 4) is 0 Å². The van der Waals surface area contributed by atoms with E-state index in [1.54, 1.807) is 7.11 Å². The number of hydrogen-bond donors (Lipinski definition) is 0. The van der Waals surface area contributed by atoms with E-state index in [1.165, 1.54) is 5.57 Å². The second kappa shape index (κ2) is 9.47. The summed E-state index contributed by atoms with van der Waals surface area (Å²) in [6.45, 7) is 9.05. The Bertz CT molecular complexity index is 829. The number of oxime groups is 1. The Morgan fingerprint density at radius 1 is 1.36 bits per heavy atom. The fraction of sp³-hybridized carbons (Fsp3) is 0.800. The van der Waals surface area contributed by atoms with Gasteiger partial charge in [-0.2, -0.15) is 0 Å². The molecule has 1 aliphatic carbocycles. The Balaban J connectivity index is 1.39. The summed E-state index contributed by atoms with van der Waals surface area (Å²) < 4.78 is 24.1. The third-order valence-corrected chi connectivity index (χ3v) is 7.70. The minimum atomic E-state index is -0.354. The Labute approximate surface area is 196 Å². The first kappa shape index (κ1) is 24.4. The van der Waals surface area contributed by atoms with Crippen molar-refractivity contribution in [1.29, 1.82) is 0 Å². The van der Waals surface area contributed by atoms with Crippen LogP contribution in [0.4, 0.5) is 0 Å². The number of ether oxygens (including phenoxy) is 4. The van der Waals surface area contributed by atoms with Crippen molar-refractivity contribution in [2.75, 3.05) is 13.7 Å². The maximum atomic E-state index is 12.9. The van der Waals surface area contributed by atoms with Crippen molar-refractivity contribution >= 4 is 17.7 Å². The van der Waals surface area contributed by atoms with E-state index in [-0.39, 0.29) is 66.1 Å². The number of allylic oxidation sites excluding steroid dienone is 1. The molecule has 4 rings (SSSR count). The van der Waals surface area contributed by atoms with Crippen molar-refractivity contribution in [2.24, 2.45) is 17.0 Å². The van der Waals surface area contributed by atoms with Crippen molar-refractivity contribution < 1.29 is 33.4 Å². The number of carbonyl (C=O) groups is 2. The molecule has 0 amide bonds. The standard InChI is InChI=1S/C25H37NO7/c1-6-16(11-17-13-21(28)33-26-17)12-20(27)31-18-9-10-25(14-30-25)23(22(18)29-5)24(4)19(32-24)8-7-15(2)3/h7,16,18-19,22-23H,6,8-14H2,1-5H3/t16-,18+,19+,22+,23+,24-,25-/m0/s1. The molecule has 0 N–H and O–H groups in total. The van der Waals surface area contributed by atoms with Gasteiger partial charge in [-0.1, -0.05) is 30.1 Å². The van der Waals surface area contributed by atoms with E-state index in [4.69, 9.17) is 18.9 Å². The molecule has 3 aliphatic heterocycles. The monoisotopic (exact) mass is 463 g/mol. The number of methoxy groups -OCH3 is 1. The highest BCUT2D eigenvalue weighted by Gasteiger charge is 2.72. The van der Waals surface area contributed by atoms with E-state index in [1.807, 2.05) is 6.92 Å². The average Bonchev–Trinajstić information content (AvgIpc) is 3.64. The van der Waals surface area contributed by atoms with Gasteiger partial charge in [0.25, 0.3) is 0 Å². The van der Waals surface area contributed by atoms with Crippen LogP contribution < -0.4 is 0 Å². The average molecular weight is 464 g/mol. The van der Waals surface area contributed by atoms with Crippen LogP contribution in [0.25, 0.3) is 0 Å². The highest BCUT2D eigenvalue weighted by Crippen LogP contribution is 2.59. The van der Waals surface area contributed by atoms with Gasteiger partial charge >= 0.3 is 11.9 Å². The first-order valence-corrected chi connectivity index (χ1v) is 12.1. The summed E-state index contributed by atoms with van der Waals surface area (Å²) in [7, 11) is 1.68. The molecular formula is C25H37NO7. The van der Waals surface area contributed by atoms with Gasteiger partial charge in [0.05, 0.1) is 30.8 Å². The summed E-state index contributed by atoms with van der Waals surface area (Å²) in [6.07, 6.45) is 5.94. The molecule has 3 fully saturated rings. The molecule has 0 bridgehead atoms. The SMILES string of the molecule is CC[C@H](CC(=O)O[C@@H]1CC[C@]2(CO2)[C@@H]([C@@]2(C)O[C@@H]2CC=C(C)C)[C@@H]1OC)CC1=NOC(=O)C1. The molecule has 1 spiro atoms. The smallest absolute Gasteiger partial charge is 0.340 e. The first-order valence-electron chi connectivity index (χ1n) is 12.1. The van der Waals surface area contributed by atoms with E-state index in [2.05, 4.69) is 36.8 Å². The van der Waals surface area contributed by atoms with Crippen molar-refractivity contribution in [3.05, 3.63) is 11.6 Å². The fourth-order valence-electron chi connectivity index (χ4n) is 5.67. The van der Waals surface area contributed by atoms with Crippen molar-refractivity contribution in [2.45, 2.75) is 102 Å². The van der Waals surface area contributed by atoms with Gasteiger partial charge in [0.15, 0.2) is 0 Å². The van der Waals surface area contributed by atoms with Crippen LogP contribution in [0.1, 0.15) is 72.6 Å². The molecule has 184 valence electrons. The van der Waals surface area contributed by atoms with Crippen LogP contribution in [0.15, 0.2) is 16.8 Å². The maximum absolute atomic E-state index is 12.9. The lowest BCUT2D eigenvalue weighted by Gasteiger charge is -2.42. The molecule has 3 heterocycles. The number of hydrogen-bond acceptors (Lipinski definition) is 8. The summed E-state index contributed by atoms with van der Waals surface area (Å²) >= 11 is 0. The molecule has 0 aromatic heterocycles. The summed E-state index contributed by atoms with van der Waals surface area (Å²) in [5.74, 6) is -0.514. The second-order valence-corrected chi connectivity index (χ2v) is 10.4. The summed E-state index contributed by atoms with van der Waals surface area (Å²) in [5, 5.41) is 3.82. The fourth-order valence-corrected chi connectivity index (χ4v) is 5.67. The predicted octanol–water partition coefficient (Wildman–Crippen LogP) is 3.72. The minimum absolute atomic E-state index is 0.00934. The zero-order chi connectivity index (χ0) is 23.8. The minimum Gasteiger partial charge on any atom is -0.460 e. The molecule has 0 aromatic rings. The van der Waals surface area contributed by atoms with Gasteiger partial charge in [0.2, 0.25) is 0 Å². The van der Waals surface area contributed by atoms with E-state index in [0.717, 1.165) is 19.3 Å². The summed E-state index contributed by atoms with van der Waals surface area (Å²) in [5.41, 5.74) is 1.37. The van der Waals surface area contributed by atoms with Gasteiger partial charge in [-0.05, 0) is 52.4 Å². The Morgan fingerprint density at radius 2 is 2.12 bits per heavy atom. The molecule has 7 atom stereocenters. The van der Waals surface area contributed by atoms with Crippen LogP contribution in [0, 0.1) is 11.8 Å².